The van der Waals surface area contributed by atoms with Gasteiger partial charge in [-0.15, -0.1) is 0 Å². The Morgan fingerprint density at radius 2 is 2.19 bits per heavy atom. The minimum atomic E-state index is -0.305. The summed E-state index contributed by atoms with van der Waals surface area (Å²) in [6, 6.07) is 4.50. The average Bonchev–Trinajstić information content (AvgIpc) is 2.16. The highest BCUT2D eigenvalue weighted by molar-refractivity contribution is 5.39. The van der Waals surface area contributed by atoms with E-state index in [0.717, 1.165) is 12.0 Å². The first kappa shape index (κ1) is 11.4. The third-order valence-corrected chi connectivity index (χ3v) is 3.56. The van der Waals surface area contributed by atoms with Crippen molar-refractivity contribution < 1.29 is 9.13 Å². The molecule has 2 nitrogen and oxygen atoms in total. The summed E-state index contributed by atoms with van der Waals surface area (Å²) in [4.78, 5) is 0. The summed E-state index contributed by atoms with van der Waals surface area (Å²) in [5, 5.41) is 0. The van der Waals surface area contributed by atoms with Crippen molar-refractivity contribution in [3.05, 3.63) is 29.6 Å². The van der Waals surface area contributed by atoms with Crippen LogP contribution in [0.1, 0.15) is 38.8 Å². The molecule has 0 saturated carbocycles. The zero-order valence-corrected chi connectivity index (χ0v) is 9.96. The normalized spacial score (nSPS) is 28.8. The second kappa shape index (κ2) is 3.74. The van der Waals surface area contributed by atoms with Crippen molar-refractivity contribution in [2.45, 2.75) is 38.8 Å². The fourth-order valence-electron chi connectivity index (χ4n) is 2.10. The van der Waals surface area contributed by atoms with Crippen LogP contribution in [0.2, 0.25) is 0 Å². The lowest BCUT2D eigenvalue weighted by molar-refractivity contribution is 0.0105. The molecule has 0 aliphatic carbocycles. The van der Waals surface area contributed by atoms with Gasteiger partial charge in [-0.05, 0) is 18.9 Å². The number of ether oxygens (including phenoxy) is 1. The molecule has 0 saturated heterocycles. The maximum atomic E-state index is 13.2. The minimum absolute atomic E-state index is 0.0725. The maximum absolute atomic E-state index is 13.2. The molecule has 1 aliphatic heterocycles. The van der Waals surface area contributed by atoms with Crippen LogP contribution in [-0.4, -0.2) is 5.60 Å². The van der Waals surface area contributed by atoms with Crippen LogP contribution in [0.15, 0.2) is 18.2 Å². The van der Waals surface area contributed by atoms with Crippen LogP contribution in [0.25, 0.3) is 0 Å². The third-order valence-electron chi connectivity index (χ3n) is 3.56. The molecule has 1 heterocycles. The first-order chi connectivity index (χ1) is 7.42. The van der Waals surface area contributed by atoms with Crippen molar-refractivity contribution in [1.29, 1.82) is 0 Å². The lowest BCUT2D eigenvalue weighted by atomic mass is 9.81. The van der Waals surface area contributed by atoms with E-state index in [0.29, 0.717) is 11.7 Å². The number of rotatable bonds is 1. The highest BCUT2D eigenvalue weighted by Crippen LogP contribution is 2.41. The fourth-order valence-corrected chi connectivity index (χ4v) is 2.10. The molecule has 1 aliphatic rings. The van der Waals surface area contributed by atoms with E-state index in [1.807, 2.05) is 6.92 Å². The summed E-state index contributed by atoms with van der Waals surface area (Å²) in [6.45, 7) is 6.22. The molecule has 16 heavy (non-hydrogen) atoms. The first-order valence-electron chi connectivity index (χ1n) is 5.66. The van der Waals surface area contributed by atoms with Crippen LogP contribution in [0.5, 0.6) is 5.75 Å². The summed E-state index contributed by atoms with van der Waals surface area (Å²) < 4.78 is 19.1. The molecule has 0 fully saturated rings. The SMILES string of the molecule is CC(C)C1(C)CC(N)c2ccc(F)cc2O1. The van der Waals surface area contributed by atoms with Crippen LogP contribution in [0.3, 0.4) is 0 Å². The van der Waals surface area contributed by atoms with Gasteiger partial charge in [0.25, 0.3) is 0 Å². The van der Waals surface area contributed by atoms with Gasteiger partial charge in [0.2, 0.25) is 0 Å². The summed E-state index contributed by atoms with van der Waals surface area (Å²) in [5.41, 5.74) is 6.70. The van der Waals surface area contributed by atoms with Gasteiger partial charge in [0.05, 0.1) is 0 Å². The number of halogens is 1. The molecule has 0 spiro atoms. The van der Waals surface area contributed by atoms with Crippen molar-refractivity contribution in [2.75, 3.05) is 0 Å². The van der Waals surface area contributed by atoms with E-state index in [2.05, 4.69) is 13.8 Å². The lowest BCUT2D eigenvalue weighted by Gasteiger charge is -2.41. The van der Waals surface area contributed by atoms with E-state index in [-0.39, 0.29) is 17.5 Å². The molecule has 2 rings (SSSR count). The Balaban J connectivity index is 2.42. The zero-order chi connectivity index (χ0) is 11.9. The summed E-state index contributed by atoms with van der Waals surface area (Å²) >= 11 is 0. The van der Waals surface area contributed by atoms with E-state index in [1.54, 1.807) is 6.07 Å². The smallest absolute Gasteiger partial charge is 0.127 e. The predicted octanol–water partition coefficient (Wildman–Crippen LogP) is 3.02. The van der Waals surface area contributed by atoms with Gasteiger partial charge in [-0.3, -0.25) is 0 Å². The predicted molar refractivity (Wildman–Crippen MR) is 61.8 cm³/mol. The van der Waals surface area contributed by atoms with Gasteiger partial charge in [-0.1, -0.05) is 19.9 Å². The molecule has 3 heteroatoms. The minimum Gasteiger partial charge on any atom is -0.487 e. The van der Waals surface area contributed by atoms with Gasteiger partial charge in [0.15, 0.2) is 0 Å². The molecule has 0 radical (unpaired) electrons. The van der Waals surface area contributed by atoms with Crippen LogP contribution in [0.4, 0.5) is 4.39 Å². The van der Waals surface area contributed by atoms with Gasteiger partial charge in [0.1, 0.15) is 17.2 Å². The number of nitrogens with two attached hydrogens (primary N) is 1. The van der Waals surface area contributed by atoms with Gasteiger partial charge in [-0.2, -0.15) is 0 Å². The molecule has 1 aromatic rings. The maximum Gasteiger partial charge on any atom is 0.127 e. The second-order valence-corrected chi connectivity index (χ2v) is 5.06. The van der Waals surface area contributed by atoms with Crippen LogP contribution < -0.4 is 10.5 Å². The first-order valence-corrected chi connectivity index (χ1v) is 5.66. The largest absolute Gasteiger partial charge is 0.487 e. The highest BCUT2D eigenvalue weighted by Gasteiger charge is 2.38. The fraction of sp³-hybridized carbons (Fsp3) is 0.538. The topological polar surface area (TPSA) is 35.2 Å². The average molecular weight is 223 g/mol. The monoisotopic (exact) mass is 223 g/mol. The Morgan fingerprint density at radius 3 is 2.81 bits per heavy atom. The summed E-state index contributed by atoms with van der Waals surface area (Å²) in [5.74, 6) is 0.656. The van der Waals surface area contributed by atoms with Crippen molar-refractivity contribution >= 4 is 0 Å². The summed E-state index contributed by atoms with van der Waals surface area (Å²) in [7, 11) is 0. The molecule has 0 amide bonds. The van der Waals surface area contributed by atoms with Gasteiger partial charge in [0, 0.05) is 24.1 Å². The van der Waals surface area contributed by atoms with Crippen LogP contribution in [0, 0.1) is 11.7 Å². The number of benzene rings is 1. The van der Waals surface area contributed by atoms with Crippen LogP contribution >= 0.6 is 0 Å². The van der Waals surface area contributed by atoms with Crippen LogP contribution in [-0.2, 0) is 0 Å². The lowest BCUT2D eigenvalue weighted by Crippen LogP contribution is -2.44. The molecule has 2 unspecified atom stereocenters. The standard InChI is InChI=1S/C13H18FNO/c1-8(2)13(3)7-11(15)10-5-4-9(14)6-12(10)16-13/h4-6,8,11H,7,15H2,1-3H3. The molecule has 0 bridgehead atoms. The third kappa shape index (κ3) is 1.80. The van der Waals surface area contributed by atoms with Gasteiger partial charge >= 0.3 is 0 Å². The van der Waals surface area contributed by atoms with Crippen molar-refractivity contribution in [3.63, 3.8) is 0 Å². The number of fused-ring (bicyclic) bond motifs is 1. The molecular weight excluding hydrogens is 205 g/mol. The highest BCUT2D eigenvalue weighted by atomic mass is 19.1. The van der Waals surface area contributed by atoms with E-state index >= 15 is 0 Å². The number of hydrogen-bond acceptors (Lipinski definition) is 2. The van der Waals surface area contributed by atoms with Gasteiger partial charge in [-0.25, -0.2) is 4.39 Å². The van der Waals surface area contributed by atoms with E-state index in [4.69, 9.17) is 10.5 Å². The Hall–Kier alpha value is -1.09. The van der Waals surface area contributed by atoms with Crippen molar-refractivity contribution in [2.24, 2.45) is 11.7 Å². The zero-order valence-electron chi connectivity index (χ0n) is 9.96. The Bertz CT molecular complexity index is 405. The molecular formula is C13H18FNO. The van der Waals surface area contributed by atoms with E-state index in [1.165, 1.54) is 12.1 Å². The quantitative estimate of drug-likeness (QED) is 0.794. The second-order valence-electron chi connectivity index (χ2n) is 5.06. The molecule has 88 valence electrons. The molecule has 2 N–H and O–H groups in total. The molecule has 2 atom stereocenters. The van der Waals surface area contributed by atoms with E-state index in [9.17, 15) is 4.39 Å². The van der Waals surface area contributed by atoms with Crippen molar-refractivity contribution in [1.82, 2.24) is 0 Å². The van der Waals surface area contributed by atoms with Gasteiger partial charge < -0.3 is 10.5 Å². The Labute approximate surface area is 95.6 Å². The Kier molecular flexibility index (Phi) is 2.66. The number of hydrogen-bond donors (Lipinski definition) is 1. The van der Waals surface area contributed by atoms with Crippen molar-refractivity contribution in [3.8, 4) is 5.75 Å². The van der Waals surface area contributed by atoms with E-state index < -0.39 is 0 Å². The summed E-state index contributed by atoms with van der Waals surface area (Å²) in [6.07, 6.45) is 0.767. The molecule has 1 aromatic carbocycles. The Morgan fingerprint density at radius 1 is 1.50 bits per heavy atom. The molecule has 0 aromatic heterocycles.